The van der Waals surface area contributed by atoms with Gasteiger partial charge in [0.1, 0.15) is 12.6 Å². The van der Waals surface area contributed by atoms with Gasteiger partial charge >= 0.3 is 0 Å². The monoisotopic (exact) mass is 312 g/mol. The van der Waals surface area contributed by atoms with E-state index >= 15 is 0 Å². The Bertz CT molecular complexity index is 377. The van der Waals surface area contributed by atoms with Crippen LogP contribution in [0.4, 0.5) is 0 Å². The number of rotatable bonds is 9. The Hall–Kier alpha value is -0.570. The van der Waals surface area contributed by atoms with E-state index < -0.39 is 6.10 Å². The second-order valence-corrected chi connectivity index (χ2v) is 7.32. The van der Waals surface area contributed by atoms with Gasteiger partial charge in [0.2, 0.25) is 0 Å². The van der Waals surface area contributed by atoms with Crippen molar-refractivity contribution in [2.75, 3.05) is 19.6 Å². The van der Waals surface area contributed by atoms with Crippen molar-refractivity contribution in [3.63, 3.8) is 0 Å². The number of aliphatic hydroxyl groups excluding tert-OH is 1. The third-order valence-electron chi connectivity index (χ3n) is 3.89. The molecule has 120 valence electrons. The Kier molecular flexibility index (Phi) is 8.31. The largest absolute Gasteiger partial charge is 0.382 e. The summed E-state index contributed by atoms with van der Waals surface area (Å²) in [5, 5.41) is 11.2. The molecule has 1 rings (SSSR count). The molecular weight excluding hydrogens is 282 g/mol. The van der Waals surface area contributed by atoms with Crippen LogP contribution in [-0.2, 0) is 0 Å². The topological polar surface area (TPSA) is 24.7 Å². The predicted molar refractivity (Wildman–Crippen MR) is 90.9 cm³/mol. The number of benzene rings is 1. The van der Waals surface area contributed by atoms with Gasteiger partial charge in [-0.25, -0.2) is 0 Å². The normalized spacial score (nSPS) is 13.4. The van der Waals surface area contributed by atoms with Crippen LogP contribution in [0.5, 0.6) is 0 Å². The molecular formula is C18H31ClNO+. The molecule has 1 unspecified atom stereocenters. The van der Waals surface area contributed by atoms with E-state index in [1.54, 1.807) is 0 Å². The molecule has 0 aliphatic rings. The van der Waals surface area contributed by atoms with E-state index in [1.807, 2.05) is 24.3 Å². The number of quaternary nitrogens is 1. The van der Waals surface area contributed by atoms with Gasteiger partial charge in [-0.2, -0.15) is 0 Å². The lowest BCUT2D eigenvalue weighted by Crippen LogP contribution is -3.12. The molecule has 0 aliphatic carbocycles. The molecule has 0 spiro atoms. The Balaban J connectivity index is 2.58. The average molecular weight is 313 g/mol. The molecule has 0 heterocycles. The van der Waals surface area contributed by atoms with Gasteiger partial charge in [-0.1, -0.05) is 51.4 Å². The first-order chi connectivity index (χ1) is 9.88. The van der Waals surface area contributed by atoms with E-state index in [0.717, 1.165) is 30.2 Å². The van der Waals surface area contributed by atoms with Crippen molar-refractivity contribution in [1.29, 1.82) is 0 Å². The fourth-order valence-corrected chi connectivity index (χ4v) is 2.52. The lowest BCUT2D eigenvalue weighted by atomic mass is 10.1. The molecule has 0 aliphatic heterocycles. The van der Waals surface area contributed by atoms with Crippen LogP contribution < -0.4 is 4.90 Å². The summed E-state index contributed by atoms with van der Waals surface area (Å²) in [6.45, 7) is 12.1. The molecule has 0 amide bonds. The van der Waals surface area contributed by atoms with E-state index in [4.69, 9.17) is 11.6 Å². The lowest BCUT2D eigenvalue weighted by molar-refractivity contribution is -0.905. The summed E-state index contributed by atoms with van der Waals surface area (Å²) in [7, 11) is 0. The van der Waals surface area contributed by atoms with Gasteiger partial charge in [0.25, 0.3) is 0 Å². The molecule has 3 heteroatoms. The highest BCUT2D eigenvalue weighted by molar-refractivity contribution is 6.30. The first-order valence-electron chi connectivity index (χ1n) is 8.15. The van der Waals surface area contributed by atoms with Crippen molar-refractivity contribution in [2.24, 2.45) is 11.8 Å². The van der Waals surface area contributed by atoms with Crippen molar-refractivity contribution in [2.45, 2.75) is 46.6 Å². The van der Waals surface area contributed by atoms with Gasteiger partial charge in [0, 0.05) is 5.02 Å². The van der Waals surface area contributed by atoms with Gasteiger partial charge in [-0.05, 0) is 42.4 Å². The van der Waals surface area contributed by atoms with E-state index in [0.29, 0.717) is 11.8 Å². The van der Waals surface area contributed by atoms with E-state index in [-0.39, 0.29) is 0 Å². The van der Waals surface area contributed by atoms with Crippen LogP contribution in [-0.4, -0.2) is 24.7 Å². The maximum atomic E-state index is 10.4. The minimum absolute atomic E-state index is 0.406. The maximum Gasteiger partial charge on any atom is 0.128 e. The first-order valence-corrected chi connectivity index (χ1v) is 8.53. The quantitative estimate of drug-likeness (QED) is 0.718. The van der Waals surface area contributed by atoms with Crippen LogP contribution in [0.1, 0.15) is 52.2 Å². The zero-order chi connectivity index (χ0) is 15.8. The third kappa shape index (κ3) is 7.85. The molecule has 21 heavy (non-hydrogen) atoms. The Morgan fingerprint density at radius 3 is 1.86 bits per heavy atom. The third-order valence-corrected chi connectivity index (χ3v) is 4.14. The van der Waals surface area contributed by atoms with Crippen molar-refractivity contribution >= 4 is 11.6 Å². The smallest absolute Gasteiger partial charge is 0.128 e. The first kappa shape index (κ1) is 18.5. The Labute approximate surface area is 135 Å². The Morgan fingerprint density at radius 1 is 0.952 bits per heavy atom. The van der Waals surface area contributed by atoms with Crippen LogP contribution in [0.25, 0.3) is 0 Å². The summed E-state index contributed by atoms with van der Waals surface area (Å²) in [6.07, 6.45) is 2.01. The summed E-state index contributed by atoms with van der Waals surface area (Å²) < 4.78 is 0. The van der Waals surface area contributed by atoms with E-state index in [9.17, 15) is 5.11 Å². The molecule has 1 aromatic carbocycles. The lowest BCUT2D eigenvalue weighted by Gasteiger charge is -2.24. The second kappa shape index (κ2) is 9.45. The molecule has 1 atom stereocenters. The SMILES string of the molecule is CC(C)CC[NH+](CCC(C)C)CC(O)c1ccc(Cl)cc1. The van der Waals surface area contributed by atoms with E-state index in [2.05, 4.69) is 27.7 Å². The summed E-state index contributed by atoms with van der Waals surface area (Å²) in [6, 6.07) is 7.55. The van der Waals surface area contributed by atoms with Crippen LogP contribution in [0.15, 0.2) is 24.3 Å². The minimum Gasteiger partial charge on any atom is -0.382 e. The molecule has 1 aromatic rings. The fraction of sp³-hybridized carbons (Fsp3) is 0.667. The highest BCUT2D eigenvalue weighted by Crippen LogP contribution is 2.15. The zero-order valence-electron chi connectivity index (χ0n) is 13.9. The van der Waals surface area contributed by atoms with Gasteiger partial charge < -0.3 is 10.0 Å². The summed E-state index contributed by atoms with van der Waals surface area (Å²) >= 11 is 5.90. The molecule has 0 aromatic heterocycles. The van der Waals surface area contributed by atoms with Gasteiger partial charge in [-0.15, -0.1) is 0 Å². The molecule has 0 saturated carbocycles. The van der Waals surface area contributed by atoms with Crippen LogP contribution in [0.3, 0.4) is 0 Å². The summed E-state index contributed by atoms with van der Waals surface area (Å²) in [5.74, 6) is 1.43. The van der Waals surface area contributed by atoms with E-state index in [1.165, 1.54) is 17.7 Å². The highest BCUT2D eigenvalue weighted by atomic mass is 35.5. The molecule has 0 fully saturated rings. The number of halogens is 1. The predicted octanol–water partition coefficient (Wildman–Crippen LogP) is 3.35. The van der Waals surface area contributed by atoms with Crippen LogP contribution in [0, 0.1) is 11.8 Å². The van der Waals surface area contributed by atoms with Crippen molar-refractivity contribution in [1.82, 2.24) is 0 Å². The molecule has 2 nitrogen and oxygen atoms in total. The zero-order valence-corrected chi connectivity index (χ0v) is 14.7. The number of hydrogen-bond donors (Lipinski definition) is 2. The molecule has 0 saturated heterocycles. The van der Waals surface area contributed by atoms with Crippen LogP contribution >= 0.6 is 11.6 Å². The number of aliphatic hydroxyl groups is 1. The van der Waals surface area contributed by atoms with Crippen molar-refractivity contribution in [3.8, 4) is 0 Å². The van der Waals surface area contributed by atoms with Gasteiger partial charge in [0.15, 0.2) is 0 Å². The average Bonchev–Trinajstić information content (AvgIpc) is 2.42. The fourth-order valence-electron chi connectivity index (χ4n) is 2.39. The molecule has 0 bridgehead atoms. The summed E-state index contributed by atoms with van der Waals surface area (Å²) in [5.41, 5.74) is 0.964. The summed E-state index contributed by atoms with van der Waals surface area (Å²) in [4.78, 5) is 1.50. The Morgan fingerprint density at radius 2 is 1.43 bits per heavy atom. The van der Waals surface area contributed by atoms with Gasteiger partial charge in [-0.3, -0.25) is 0 Å². The van der Waals surface area contributed by atoms with Crippen molar-refractivity contribution in [3.05, 3.63) is 34.9 Å². The standard InChI is InChI=1S/C18H30ClNO/c1-14(2)9-11-20(12-10-15(3)4)13-18(21)16-5-7-17(19)8-6-16/h5-8,14-15,18,21H,9-13H2,1-4H3/p+1. The number of nitrogens with one attached hydrogen (secondary N) is 1. The maximum absolute atomic E-state index is 10.4. The molecule has 2 N–H and O–H groups in total. The minimum atomic E-state index is -0.406. The second-order valence-electron chi connectivity index (χ2n) is 6.89. The number of hydrogen-bond acceptors (Lipinski definition) is 1. The highest BCUT2D eigenvalue weighted by Gasteiger charge is 2.17. The molecule has 0 radical (unpaired) electrons. The van der Waals surface area contributed by atoms with Crippen LogP contribution in [0.2, 0.25) is 5.02 Å². The van der Waals surface area contributed by atoms with Gasteiger partial charge in [0.05, 0.1) is 13.1 Å². The van der Waals surface area contributed by atoms with Crippen molar-refractivity contribution < 1.29 is 10.0 Å².